The first-order valence-electron chi connectivity index (χ1n) is 5.22. The monoisotopic (exact) mass is 242 g/mol. The summed E-state index contributed by atoms with van der Waals surface area (Å²) in [6.45, 7) is 5.65. The molecule has 0 aliphatic rings. The summed E-state index contributed by atoms with van der Waals surface area (Å²) in [6, 6.07) is 7.37. The molecule has 1 atom stereocenters. The van der Waals surface area contributed by atoms with E-state index in [4.69, 9.17) is 4.18 Å². The number of hydrogen-bond acceptors (Lipinski definition) is 3. The average Bonchev–Trinajstić information content (AvgIpc) is 2.16. The Hall–Kier alpha value is -0.710. The average molecular weight is 242 g/mol. The predicted molar refractivity (Wildman–Crippen MR) is 64.5 cm³/mol. The van der Waals surface area contributed by atoms with E-state index in [9.17, 15) is 9.32 Å². The molecule has 1 aromatic rings. The molecule has 0 saturated carbocycles. The van der Waals surface area contributed by atoms with Crippen molar-refractivity contribution in [1.29, 1.82) is 0 Å². The van der Waals surface area contributed by atoms with Gasteiger partial charge in [0.05, 0.1) is 17.1 Å². The lowest BCUT2D eigenvalue weighted by atomic mass is 10.1. The van der Waals surface area contributed by atoms with E-state index in [0.29, 0.717) is 11.3 Å². The predicted octanol–water partition coefficient (Wildman–Crippen LogP) is 2.20. The van der Waals surface area contributed by atoms with Crippen molar-refractivity contribution in [3.05, 3.63) is 29.8 Å². The van der Waals surface area contributed by atoms with Crippen LogP contribution in [0.5, 0.6) is 0 Å². The zero-order chi connectivity index (χ0) is 12.2. The fourth-order valence-electron chi connectivity index (χ4n) is 1.08. The molecule has 1 rings (SSSR count). The molecule has 0 saturated heterocycles. The minimum atomic E-state index is -1.44. The maximum Gasteiger partial charge on any atom is 0.189 e. The van der Waals surface area contributed by atoms with Crippen molar-refractivity contribution in [3.63, 3.8) is 0 Å². The molecule has 1 unspecified atom stereocenters. The van der Waals surface area contributed by atoms with Crippen LogP contribution in [0.4, 0.5) is 0 Å². The highest BCUT2D eigenvalue weighted by Gasteiger charge is 2.13. The highest BCUT2D eigenvalue weighted by atomic mass is 32.2. The van der Waals surface area contributed by atoms with E-state index in [1.807, 2.05) is 19.1 Å². The van der Waals surface area contributed by atoms with Crippen molar-refractivity contribution in [3.8, 4) is 0 Å². The van der Waals surface area contributed by atoms with E-state index in [0.717, 1.165) is 5.56 Å². The number of aliphatic hydroxyl groups is 1. The Morgan fingerprint density at radius 3 is 2.38 bits per heavy atom. The fraction of sp³-hybridized carbons (Fsp3) is 0.500. The SMILES string of the molecule is Cc1ccc(S(=O)OCCC(C)(C)O)cc1. The Morgan fingerprint density at radius 1 is 1.31 bits per heavy atom. The summed E-state index contributed by atoms with van der Waals surface area (Å²) in [5.74, 6) is 0. The van der Waals surface area contributed by atoms with E-state index < -0.39 is 16.7 Å². The Morgan fingerprint density at radius 2 is 1.88 bits per heavy atom. The second-order valence-electron chi connectivity index (χ2n) is 4.43. The molecule has 0 aromatic heterocycles. The molecule has 0 bridgehead atoms. The molecule has 1 aromatic carbocycles. The van der Waals surface area contributed by atoms with E-state index in [2.05, 4.69) is 0 Å². The minimum Gasteiger partial charge on any atom is -0.390 e. The highest BCUT2D eigenvalue weighted by Crippen LogP contribution is 2.12. The number of hydrogen-bond donors (Lipinski definition) is 1. The van der Waals surface area contributed by atoms with Crippen LogP contribution in [0.1, 0.15) is 25.8 Å². The molecule has 0 aliphatic heterocycles. The van der Waals surface area contributed by atoms with Gasteiger partial charge < -0.3 is 5.11 Å². The van der Waals surface area contributed by atoms with Crippen LogP contribution in [0.3, 0.4) is 0 Å². The van der Waals surface area contributed by atoms with Crippen LogP contribution in [0, 0.1) is 6.92 Å². The summed E-state index contributed by atoms with van der Waals surface area (Å²) >= 11 is -1.44. The second-order valence-corrected chi connectivity index (χ2v) is 5.61. The van der Waals surface area contributed by atoms with Gasteiger partial charge in [0, 0.05) is 6.42 Å². The van der Waals surface area contributed by atoms with Gasteiger partial charge in [-0.1, -0.05) is 17.7 Å². The lowest BCUT2D eigenvalue weighted by Gasteiger charge is -2.15. The van der Waals surface area contributed by atoms with Crippen molar-refractivity contribution >= 4 is 11.1 Å². The number of benzene rings is 1. The maximum atomic E-state index is 11.6. The first-order valence-corrected chi connectivity index (χ1v) is 6.30. The normalized spacial score (nSPS) is 13.8. The quantitative estimate of drug-likeness (QED) is 0.861. The summed E-state index contributed by atoms with van der Waals surface area (Å²) in [4.78, 5) is 0.654. The zero-order valence-corrected chi connectivity index (χ0v) is 10.7. The van der Waals surface area contributed by atoms with E-state index in [1.54, 1.807) is 26.0 Å². The molecule has 0 radical (unpaired) electrons. The number of aryl methyl sites for hydroxylation is 1. The first kappa shape index (κ1) is 13.4. The molecule has 3 nitrogen and oxygen atoms in total. The third-order valence-corrected chi connectivity index (χ3v) is 3.16. The van der Waals surface area contributed by atoms with Crippen molar-refractivity contribution in [1.82, 2.24) is 0 Å². The molecule has 0 fully saturated rings. The lowest BCUT2D eigenvalue weighted by Crippen LogP contribution is -2.21. The van der Waals surface area contributed by atoms with Crippen molar-refractivity contribution in [2.45, 2.75) is 37.7 Å². The van der Waals surface area contributed by atoms with Gasteiger partial charge in [-0.2, -0.15) is 0 Å². The van der Waals surface area contributed by atoms with Crippen molar-refractivity contribution in [2.24, 2.45) is 0 Å². The Labute approximate surface area is 99.1 Å². The third-order valence-electron chi connectivity index (χ3n) is 2.12. The van der Waals surface area contributed by atoms with Crippen LogP contribution >= 0.6 is 0 Å². The molecule has 0 heterocycles. The molecule has 4 heteroatoms. The van der Waals surface area contributed by atoms with Crippen LogP contribution in [0.25, 0.3) is 0 Å². The molecule has 0 spiro atoms. The van der Waals surface area contributed by atoms with Crippen LogP contribution in [-0.4, -0.2) is 21.5 Å². The van der Waals surface area contributed by atoms with Gasteiger partial charge in [0.25, 0.3) is 0 Å². The Balaban J connectivity index is 2.44. The van der Waals surface area contributed by atoms with Gasteiger partial charge >= 0.3 is 0 Å². The second kappa shape index (κ2) is 5.57. The summed E-state index contributed by atoms with van der Waals surface area (Å²) in [5, 5.41) is 9.46. The van der Waals surface area contributed by atoms with Gasteiger partial charge in [-0.3, -0.25) is 4.18 Å². The molecule has 1 N–H and O–H groups in total. The van der Waals surface area contributed by atoms with Crippen molar-refractivity contribution in [2.75, 3.05) is 6.61 Å². The van der Waals surface area contributed by atoms with Crippen LogP contribution < -0.4 is 0 Å². The summed E-state index contributed by atoms with van der Waals surface area (Å²) < 4.78 is 16.8. The van der Waals surface area contributed by atoms with Crippen LogP contribution in [0.2, 0.25) is 0 Å². The summed E-state index contributed by atoms with van der Waals surface area (Å²) in [7, 11) is 0. The lowest BCUT2D eigenvalue weighted by molar-refractivity contribution is 0.0573. The minimum absolute atomic E-state index is 0.282. The zero-order valence-electron chi connectivity index (χ0n) is 9.90. The maximum absolute atomic E-state index is 11.6. The van der Waals surface area contributed by atoms with Crippen LogP contribution in [0.15, 0.2) is 29.2 Å². The largest absolute Gasteiger partial charge is 0.390 e. The molecular weight excluding hydrogens is 224 g/mol. The standard InChI is InChI=1S/C12H18O3S/c1-10-4-6-11(7-5-10)16(14)15-9-8-12(2,3)13/h4-7,13H,8-9H2,1-3H3. The molecule has 0 amide bonds. The first-order chi connectivity index (χ1) is 7.38. The topological polar surface area (TPSA) is 46.5 Å². The Bertz CT molecular complexity index is 352. The third kappa shape index (κ3) is 4.88. The molecular formula is C12H18O3S. The fourth-order valence-corrected chi connectivity index (χ4v) is 1.81. The van der Waals surface area contributed by atoms with E-state index in [1.165, 1.54) is 0 Å². The van der Waals surface area contributed by atoms with Gasteiger partial charge in [0.1, 0.15) is 0 Å². The van der Waals surface area contributed by atoms with E-state index in [-0.39, 0.29) is 6.61 Å². The molecule has 0 aliphatic carbocycles. The van der Waals surface area contributed by atoms with E-state index >= 15 is 0 Å². The van der Waals surface area contributed by atoms with Crippen LogP contribution in [-0.2, 0) is 15.3 Å². The van der Waals surface area contributed by atoms with Gasteiger partial charge in [-0.25, -0.2) is 4.21 Å². The van der Waals surface area contributed by atoms with Gasteiger partial charge in [-0.15, -0.1) is 0 Å². The van der Waals surface area contributed by atoms with Crippen molar-refractivity contribution < 1.29 is 13.5 Å². The molecule has 90 valence electrons. The summed E-state index contributed by atoms with van der Waals surface area (Å²) in [6.07, 6.45) is 0.463. The van der Waals surface area contributed by atoms with Gasteiger partial charge in [0.15, 0.2) is 11.1 Å². The summed E-state index contributed by atoms with van der Waals surface area (Å²) in [5.41, 5.74) is 0.342. The highest BCUT2D eigenvalue weighted by molar-refractivity contribution is 7.80. The Kier molecular flexibility index (Phi) is 4.65. The van der Waals surface area contributed by atoms with Gasteiger partial charge in [0.2, 0.25) is 0 Å². The molecule has 16 heavy (non-hydrogen) atoms. The van der Waals surface area contributed by atoms with Gasteiger partial charge in [-0.05, 0) is 32.9 Å². The smallest absolute Gasteiger partial charge is 0.189 e. The number of rotatable bonds is 5.